The number of hydrogen-bond donors (Lipinski definition) is 1. The van der Waals surface area contributed by atoms with Crippen LogP contribution < -0.4 is 10.2 Å². The van der Waals surface area contributed by atoms with Crippen LogP contribution in [0.2, 0.25) is 5.02 Å². The van der Waals surface area contributed by atoms with E-state index < -0.39 is 0 Å². The first-order valence-electron chi connectivity index (χ1n) is 9.08. The number of rotatable bonds is 5. The van der Waals surface area contributed by atoms with Crippen LogP contribution in [-0.2, 0) is 11.3 Å². The lowest BCUT2D eigenvalue weighted by atomic mass is 10.2. The lowest BCUT2D eigenvalue weighted by molar-refractivity contribution is -0.117. The topological polar surface area (TPSA) is 67.2 Å². The highest BCUT2D eigenvalue weighted by atomic mass is 35.5. The second-order valence-corrected chi connectivity index (χ2v) is 7.08. The molecule has 0 spiro atoms. The second kappa shape index (κ2) is 7.86. The molecule has 3 aromatic rings. The van der Waals surface area contributed by atoms with Gasteiger partial charge < -0.3 is 10.2 Å². The summed E-state index contributed by atoms with van der Waals surface area (Å²) >= 11 is 6.17. The minimum Gasteiger partial charge on any atom is -0.322 e. The molecular weight excluding hydrogens is 376 g/mol. The zero-order valence-corrected chi connectivity index (χ0v) is 15.9. The quantitative estimate of drug-likeness (QED) is 0.712. The number of carbonyl (C=O) groups excluding carboxylic acids is 2. The van der Waals surface area contributed by atoms with Crippen molar-refractivity contribution < 1.29 is 9.59 Å². The van der Waals surface area contributed by atoms with Crippen molar-refractivity contribution in [1.82, 2.24) is 9.78 Å². The maximum atomic E-state index is 12.5. The van der Waals surface area contributed by atoms with Crippen LogP contribution in [-0.4, -0.2) is 28.1 Å². The number of hydrogen-bond acceptors (Lipinski definition) is 3. The van der Waals surface area contributed by atoms with Gasteiger partial charge in [-0.25, -0.2) is 0 Å². The van der Waals surface area contributed by atoms with Crippen LogP contribution in [0.4, 0.5) is 11.4 Å². The molecule has 28 heavy (non-hydrogen) atoms. The van der Waals surface area contributed by atoms with E-state index in [9.17, 15) is 9.59 Å². The van der Waals surface area contributed by atoms with Crippen LogP contribution in [0.1, 0.15) is 28.8 Å². The molecule has 1 saturated heterocycles. The Balaban J connectivity index is 1.41. The van der Waals surface area contributed by atoms with E-state index in [2.05, 4.69) is 10.4 Å². The van der Waals surface area contributed by atoms with Crippen molar-refractivity contribution in [3.63, 3.8) is 0 Å². The summed E-state index contributed by atoms with van der Waals surface area (Å²) < 4.78 is 1.68. The van der Waals surface area contributed by atoms with Gasteiger partial charge >= 0.3 is 0 Å². The van der Waals surface area contributed by atoms with Gasteiger partial charge in [-0.3, -0.25) is 14.3 Å². The molecule has 0 saturated carbocycles. The Hall–Kier alpha value is -3.12. The summed E-state index contributed by atoms with van der Waals surface area (Å²) in [6.07, 6.45) is 4.70. The fourth-order valence-electron chi connectivity index (χ4n) is 3.22. The van der Waals surface area contributed by atoms with E-state index in [1.54, 1.807) is 27.9 Å². The Morgan fingerprint density at radius 1 is 1.14 bits per heavy atom. The highest BCUT2D eigenvalue weighted by Crippen LogP contribution is 2.23. The monoisotopic (exact) mass is 394 g/mol. The fourth-order valence-corrected chi connectivity index (χ4v) is 3.41. The fraction of sp³-hybridized carbons (Fsp3) is 0.190. The summed E-state index contributed by atoms with van der Waals surface area (Å²) in [6, 6.07) is 14.8. The first-order chi connectivity index (χ1) is 13.6. The van der Waals surface area contributed by atoms with Gasteiger partial charge in [0.15, 0.2) is 0 Å². The molecule has 2 amide bonds. The summed E-state index contributed by atoms with van der Waals surface area (Å²) in [5.74, 6) is -0.0990. The number of aromatic nitrogens is 2. The van der Waals surface area contributed by atoms with E-state index in [1.807, 2.05) is 36.4 Å². The molecular formula is C21H19ClN4O2. The number of amides is 2. The van der Waals surface area contributed by atoms with Gasteiger partial charge in [0, 0.05) is 35.6 Å². The maximum Gasteiger partial charge on any atom is 0.258 e. The molecule has 1 N–H and O–H groups in total. The Bertz CT molecular complexity index is 1010. The normalized spacial score (nSPS) is 13.8. The van der Waals surface area contributed by atoms with Gasteiger partial charge in [-0.1, -0.05) is 29.8 Å². The molecule has 0 unspecified atom stereocenters. The molecule has 1 fully saturated rings. The van der Waals surface area contributed by atoms with E-state index in [4.69, 9.17) is 11.6 Å². The first kappa shape index (κ1) is 18.3. The average molecular weight is 395 g/mol. The van der Waals surface area contributed by atoms with E-state index in [0.29, 0.717) is 29.2 Å². The molecule has 0 atom stereocenters. The number of anilines is 2. The van der Waals surface area contributed by atoms with Gasteiger partial charge in [-0.2, -0.15) is 5.10 Å². The van der Waals surface area contributed by atoms with Crippen LogP contribution in [0.25, 0.3) is 0 Å². The smallest absolute Gasteiger partial charge is 0.258 e. The standard InChI is InChI=1S/C21H19ClN4O2/c22-19-5-2-1-4-15(19)13-25-14-16(12-23-25)21(28)24-17-7-9-18(10-8-17)26-11-3-6-20(26)27/h1-2,4-5,7-10,12,14H,3,6,11,13H2,(H,24,28). The third-order valence-corrected chi connectivity index (χ3v) is 5.06. The molecule has 1 aromatic heterocycles. The predicted octanol–water partition coefficient (Wildman–Crippen LogP) is 3.96. The summed E-state index contributed by atoms with van der Waals surface area (Å²) in [4.78, 5) is 26.1. The summed E-state index contributed by atoms with van der Waals surface area (Å²) in [5, 5.41) is 7.76. The number of halogens is 1. The lowest BCUT2D eigenvalue weighted by Crippen LogP contribution is -2.23. The van der Waals surface area contributed by atoms with Crippen LogP contribution in [0, 0.1) is 0 Å². The highest BCUT2D eigenvalue weighted by Gasteiger charge is 2.21. The summed E-state index contributed by atoms with van der Waals surface area (Å²) in [6.45, 7) is 1.24. The van der Waals surface area contributed by atoms with Gasteiger partial charge in [0.1, 0.15) is 0 Å². The van der Waals surface area contributed by atoms with Crippen molar-refractivity contribution in [3.8, 4) is 0 Å². The van der Waals surface area contributed by atoms with Crippen LogP contribution in [0.5, 0.6) is 0 Å². The minimum atomic E-state index is -0.240. The Morgan fingerprint density at radius 3 is 2.64 bits per heavy atom. The van der Waals surface area contributed by atoms with E-state index in [1.165, 1.54) is 6.20 Å². The molecule has 0 radical (unpaired) electrons. The number of carbonyl (C=O) groups is 2. The van der Waals surface area contributed by atoms with Gasteiger partial charge in [0.25, 0.3) is 5.91 Å². The zero-order valence-electron chi connectivity index (χ0n) is 15.1. The van der Waals surface area contributed by atoms with Crippen molar-refractivity contribution >= 4 is 34.8 Å². The van der Waals surface area contributed by atoms with Crippen LogP contribution in [0.15, 0.2) is 60.9 Å². The molecule has 1 aliphatic heterocycles. The third kappa shape index (κ3) is 3.92. The van der Waals surface area contributed by atoms with Gasteiger partial charge in [-0.05, 0) is 42.3 Å². The molecule has 6 nitrogen and oxygen atoms in total. The predicted molar refractivity (Wildman–Crippen MR) is 109 cm³/mol. The molecule has 1 aliphatic rings. The van der Waals surface area contributed by atoms with Crippen molar-refractivity contribution in [3.05, 3.63) is 77.1 Å². The van der Waals surface area contributed by atoms with Gasteiger partial charge in [0.05, 0.1) is 18.3 Å². The lowest BCUT2D eigenvalue weighted by Gasteiger charge is -2.16. The highest BCUT2D eigenvalue weighted by molar-refractivity contribution is 6.31. The molecule has 4 rings (SSSR count). The Labute approximate surface area is 167 Å². The molecule has 7 heteroatoms. The van der Waals surface area contributed by atoms with Crippen molar-refractivity contribution in [2.45, 2.75) is 19.4 Å². The minimum absolute atomic E-state index is 0.141. The number of benzene rings is 2. The van der Waals surface area contributed by atoms with Crippen molar-refractivity contribution in [1.29, 1.82) is 0 Å². The van der Waals surface area contributed by atoms with Gasteiger partial charge in [0.2, 0.25) is 5.91 Å². The number of nitrogens with zero attached hydrogens (tertiary/aromatic N) is 3. The molecule has 2 aromatic carbocycles. The molecule has 2 heterocycles. The van der Waals surface area contributed by atoms with Crippen molar-refractivity contribution in [2.75, 3.05) is 16.8 Å². The van der Waals surface area contributed by atoms with E-state index in [-0.39, 0.29) is 11.8 Å². The Morgan fingerprint density at radius 2 is 1.93 bits per heavy atom. The average Bonchev–Trinajstić information content (AvgIpc) is 3.33. The van der Waals surface area contributed by atoms with E-state index in [0.717, 1.165) is 24.2 Å². The SMILES string of the molecule is O=C(Nc1ccc(N2CCCC2=O)cc1)c1cnn(Cc2ccccc2Cl)c1. The third-order valence-electron chi connectivity index (χ3n) is 4.70. The van der Waals surface area contributed by atoms with E-state index >= 15 is 0 Å². The molecule has 142 valence electrons. The maximum absolute atomic E-state index is 12.5. The summed E-state index contributed by atoms with van der Waals surface area (Å²) in [5.41, 5.74) is 2.92. The second-order valence-electron chi connectivity index (χ2n) is 6.67. The zero-order chi connectivity index (χ0) is 19.5. The van der Waals surface area contributed by atoms with Crippen molar-refractivity contribution in [2.24, 2.45) is 0 Å². The largest absolute Gasteiger partial charge is 0.322 e. The first-order valence-corrected chi connectivity index (χ1v) is 9.45. The van der Waals surface area contributed by atoms with Crippen LogP contribution >= 0.6 is 11.6 Å². The number of nitrogens with one attached hydrogen (secondary N) is 1. The molecule has 0 bridgehead atoms. The summed E-state index contributed by atoms with van der Waals surface area (Å²) in [7, 11) is 0. The molecule has 0 aliphatic carbocycles. The van der Waals surface area contributed by atoms with Crippen LogP contribution in [0.3, 0.4) is 0 Å². The van der Waals surface area contributed by atoms with Gasteiger partial charge in [-0.15, -0.1) is 0 Å². The Kier molecular flexibility index (Phi) is 5.12.